The van der Waals surface area contributed by atoms with E-state index in [1.807, 2.05) is 77.7 Å². The summed E-state index contributed by atoms with van der Waals surface area (Å²) in [7, 11) is 0. The highest BCUT2D eigenvalue weighted by atomic mass is 127. The van der Waals surface area contributed by atoms with Gasteiger partial charge in [-0.1, -0.05) is 36.4 Å². The maximum atomic E-state index is 13.5. The van der Waals surface area contributed by atoms with Gasteiger partial charge in [-0.05, 0) is 88.8 Å². The number of carbonyl (C=O) groups is 2. The van der Waals surface area contributed by atoms with Gasteiger partial charge in [0.05, 0.1) is 6.42 Å². The first kappa shape index (κ1) is 24.5. The van der Waals surface area contributed by atoms with E-state index in [-0.39, 0.29) is 25.0 Å². The van der Waals surface area contributed by atoms with Crippen LogP contribution >= 0.6 is 34.8 Å². The summed E-state index contributed by atoms with van der Waals surface area (Å²) in [4.78, 5) is 29.9. The fraction of sp³-hybridized carbons (Fsp3) is 0.222. The van der Waals surface area contributed by atoms with Gasteiger partial charge in [-0.25, -0.2) is 0 Å². The predicted molar refractivity (Wildman–Crippen MR) is 149 cm³/mol. The quantitative estimate of drug-likeness (QED) is 0.296. The van der Waals surface area contributed by atoms with Gasteiger partial charge in [0, 0.05) is 22.3 Å². The van der Waals surface area contributed by atoms with E-state index >= 15 is 0 Å². The molecule has 0 radical (unpaired) electrons. The van der Waals surface area contributed by atoms with Crippen molar-refractivity contribution >= 4 is 57.4 Å². The second-order valence-electron chi connectivity index (χ2n) is 8.60. The van der Waals surface area contributed by atoms with Crippen molar-refractivity contribution in [3.63, 3.8) is 0 Å². The van der Waals surface area contributed by atoms with E-state index in [1.54, 1.807) is 4.90 Å². The van der Waals surface area contributed by atoms with E-state index in [0.717, 1.165) is 14.7 Å². The number of hydrogen-bond acceptors (Lipinski definition) is 5. The molecule has 9 heteroatoms. The van der Waals surface area contributed by atoms with Gasteiger partial charge >= 0.3 is 0 Å². The molecule has 1 unspecified atom stereocenters. The Bertz CT molecular complexity index is 1290. The molecule has 2 aliphatic heterocycles. The Balaban J connectivity index is 1.34. The Morgan fingerprint density at radius 2 is 1.75 bits per heavy atom. The SMILES string of the molecule is O=C(CC1C(=O)N(CCc2ccccc2)C(=S)N1Cc1ccc2c(c1)OCO2)Nc1ccc(I)cc1. The van der Waals surface area contributed by atoms with Crippen molar-refractivity contribution in [1.29, 1.82) is 0 Å². The highest BCUT2D eigenvalue weighted by molar-refractivity contribution is 14.1. The van der Waals surface area contributed by atoms with E-state index in [1.165, 1.54) is 0 Å². The second kappa shape index (κ2) is 10.8. The van der Waals surface area contributed by atoms with Gasteiger partial charge in [0.25, 0.3) is 5.91 Å². The number of carbonyl (C=O) groups excluding carboxylic acids is 2. The monoisotopic (exact) mass is 613 g/mol. The summed E-state index contributed by atoms with van der Waals surface area (Å²) < 4.78 is 12.0. The van der Waals surface area contributed by atoms with Crippen LogP contribution in [-0.2, 0) is 22.6 Å². The Morgan fingerprint density at radius 3 is 2.53 bits per heavy atom. The average molecular weight is 613 g/mol. The molecule has 0 aliphatic carbocycles. The smallest absolute Gasteiger partial charge is 0.252 e. The largest absolute Gasteiger partial charge is 0.454 e. The molecule has 3 aromatic carbocycles. The zero-order valence-electron chi connectivity index (χ0n) is 19.4. The van der Waals surface area contributed by atoms with Crippen LogP contribution in [0, 0.1) is 3.57 Å². The standard InChI is InChI=1S/C27H24IN3O4S/c28-20-7-9-21(10-8-20)29-25(32)15-22-26(33)30(13-12-18-4-2-1-3-5-18)27(36)31(22)16-19-6-11-23-24(14-19)35-17-34-23/h1-11,14,22H,12-13,15-17H2,(H,29,32). The first-order chi connectivity index (χ1) is 17.5. The molecular weight excluding hydrogens is 589 g/mol. The Labute approximate surface area is 228 Å². The van der Waals surface area contributed by atoms with Gasteiger partial charge in [0.2, 0.25) is 12.7 Å². The molecule has 2 heterocycles. The summed E-state index contributed by atoms with van der Waals surface area (Å²) in [5, 5.41) is 3.33. The fourth-order valence-electron chi connectivity index (χ4n) is 4.32. The topological polar surface area (TPSA) is 71.1 Å². The summed E-state index contributed by atoms with van der Waals surface area (Å²) in [6.07, 6.45) is 0.670. The molecule has 1 N–H and O–H groups in total. The second-order valence-corrected chi connectivity index (χ2v) is 10.2. The number of hydrogen-bond donors (Lipinski definition) is 1. The van der Waals surface area contributed by atoms with Crippen LogP contribution in [0.15, 0.2) is 72.8 Å². The van der Waals surface area contributed by atoms with E-state index in [4.69, 9.17) is 21.7 Å². The van der Waals surface area contributed by atoms with Crippen LogP contribution in [0.5, 0.6) is 11.5 Å². The lowest BCUT2D eigenvalue weighted by atomic mass is 10.1. The molecule has 0 aromatic heterocycles. The third-order valence-corrected chi connectivity index (χ3v) is 7.34. The first-order valence-corrected chi connectivity index (χ1v) is 13.1. The van der Waals surface area contributed by atoms with Gasteiger partial charge in [0.1, 0.15) is 6.04 Å². The summed E-state index contributed by atoms with van der Waals surface area (Å²) in [5.41, 5.74) is 2.73. The van der Waals surface area contributed by atoms with Crippen LogP contribution in [0.25, 0.3) is 0 Å². The van der Waals surface area contributed by atoms with Crippen molar-refractivity contribution in [3.8, 4) is 11.5 Å². The molecule has 184 valence electrons. The molecule has 0 spiro atoms. The summed E-state index contributed by atoms with van der Waals surface area (Å²) in [6.45, 7) is 1.02. The Morgan fingerprint density at radius 1 is 1.00 bits per heavy atom. The van der Waals surface area contributed by atoms with Crippen molar-refractivity contribution in [2.45, 2.75) is 25.4 Å². The summed E-state index contributed by atoms with van der Waals surface area (Å²) >= 11 is 7.98. The lowest BCUT2D eigenvalue weighted by Gasteiger charge is -2.24. The van der Waals surface area contributed by atoms with Crippen LogP contribution < -0.4 is 14.8 Å². The highest BCUT2D eigenvalue weighted by Crippen LogP contribution is 2.34. The van der Waals surface area contributed by atoms with Crippen molar-refractivity contribution < 1.29 is 19.1 Å². The van der Waals surface area contributed by atoms with Gasteiger partial charge in [-0.15, -0.1) is 0 Å². The van der Waals surface area contributed by atoms with E-state index in [0.29, 0.717) is 41.8 Å². The van der Waals surface area contributed by atoms with Crippen LogP contribution in [0.4, 0.5) is 5.69 Å². The van der Waals surface area contributed by atoms with E-state index in [2.05, 4.69) is 27.9 Å². The number of ether oxygens (including phenoxy) is 2. The predicted octanol–water partition coefficient (Wildman–Crippen LogP) is 4.59. The maximum absolute atomic E-state index is 13.5. The maximum Gasteiger partial charge on any atom is 0.252 e. The Hall–Kier alpha value is -3.18. The van der Waals surface area contributed by atoms with Gasteiger partial charge in [0.15, 0.2) is 16.6 Å². The number of fused-ring (bicyclic) bond motifs is 1. The van der Waals surface area contributed by atoms with Crippen molar-refractivity contribution in [1.82, 2.24) is 9.80 Å². The third kappa shape index (κ3) is 5.46. The average Bonchev–Trinajstić information content (AvgIpc) is 3.43. The van der Waals surface area contributed by atoms with E-state index in [9.17, 15) is 9.59 Å². The fourth-order valence-corrected chi connectivity index (χ4v) is 5.05. The summed E-state index contributed by atoms with van der Waals surface area (Å²) in [5.74, 6) is 0.960. The number of amides is 2. The molecule has 1 atom stereocenters. The molecule has 1 saturated heterocycles. The number of anilines is 1. The van der Waals surface area contributed by atoms with Crippen LogP contribution in [0.2, 0.25) is 0 Å². The molecule has 2 aliphatic rings. The molecule has 3 aromatic rings. The van der Waals surface area contributed by atoms with Crippen molar-refractivity contribution in [2.24, 2.45) is 0 Å². The van der Waals surface area contributed by atoms with Gasteiger partial charge in [-0.3, -0.25) is 14.5 Å². The minimum Gasteiger partial charge on any atom is -0.454 e. The van der Waals surface area contributed by atoms with Gasteiger partial charge in [-0.2, -0.15) is 0 Å². The number of benzene rings is 3. The van der Waals surface area contributed by atoms with Crippen molar-refractivity contribution in [3.05, 3.63) is 87.5 Å². The molecule has 2 amide bonds. The third-order valence-electron chi connectivity index (χ3n) is 6.17. The number of nitrogens with zero attached hydrogens (tertiary/aromatic N) is 2. The number of rotatable bonds is 8. The lowest BCUT2D eigenvalue weighted by molar-refractivity contribution is -0.130. The molecule has 5 rings (SSSR count). The summed E-state index contributed by atoms with van der Waals surface area (Å²) in [6, 6.07) is 22.5. The molecule has 7 nitrogen and oxygen atoms in total. The van der Waals surface area contributed by atoms with E-state index < -0.39 is 6.04 Å². The minimum atomic E-state index is -0.692. The molecule has 36 heavy (non-hydrogen) atoms. The lowest BCUT2D eigenvalue weighted by Crippen LogP contribution is -2.37. The number of thiocarbonyl (C=S) groups is 1. The van der Waals surface area contributed by atoms with Gasteiger partial charge < -0.3 is 19.7 Å². The number of nitrogens with one attached hydrogen (secondary N) is 1. The molecule has 1 fully saturated rings. The molecular formula is C27H24IN3O4S. The minimum absolute atomic E-state index is 0.00263. The molecule has 0 bridgehead atoms. The van der Waals surface area contributed by atoms with Crippen molar-refractivity contribution in [2.75, 3.05) is 18.7 Å². The van der Waals surface area contributed by atoms with Crippen LogP contribution in [0.3, 0.4) is 0 Å². The normalized spacial score (nSPS) is 16.5. The highest BCUT2D eigenvalue weighted by Gasteiger charge is 2.43. The zero-order valence-corrected chi connectivity index (χ0v) is 22.3. The van der Waals surface area contributed by atoms with Crippen LogP contribution in [0.1, 0.15) is 17.5 Å². The first-order valence-electron chi connectivity index (χ1n) is 11.6. The molecule has 0 saturated carbocycles. The van der Waals surface area contributed by atoms with Crippen LogP contribution in [-0.4, -0.2) is 46.1 Å². The Kier molecular flexibility index (Phi) is 7.38. The number of halogens is 1. The zero-order chi connectivity index (χ0) is 25.1.